The fourth-order valence-electron chi connectivity index (χ4n) is 1.77. The summed E-state index contributed by atoms with van der Waals surface area (Å²) in [5, 5.41) is 17.6. The summed E-state index contributed by atoms with van der Waals surface area (Å²) in [6.45, 7) is 22.7. The highest BCUT2D eigenvalue weighted by molar-refractivity contribution is 6.74. The van der Waals surface area contributed by atoms with Gasteiger partial charge in [0.05, 0.1) is 18.8 Å². The third-order valence-electron chi connectivity index (χ3n) is 2.90. The van der Waals surface area contributed by atoms with Crippen molar-refractivity contribution in [3.8, 4) is 5.69 Å². The van der Waals surface area contributed by atoms with Crippen LogP contribution in [-0.4, -0.2) is 39.4 Å². The number of tetrazole rings is 1. The summed E-state index contributed by atoms with van der Waals surface area (Å²) in [5.74, 6) is -1.00. The first-order valence-corrected chi connectivity index (χ1v) is 12.7. The molecule has 0 aliphatic heterocycles. The summed E-state index contributed by atoms with van der Waals surface area (Å²) in [5.41, 5.74) is 1.06. The number of carboxylic acid groups (broad SMARTS) is 1. The average molecular weight is 439 g/mol. The van der Waals surface area contributed by atoms with E-state index in [9.17, 15) is 9.59 Å². The number of nitrogens with zero attached hydrogens (tertiary/aromatic N) is 5. The highest BCUT2D eigenvalue weighted by Crippen LogP contribution is 2.15. The van der Waals surface area contributed by atoms with Crippen molar-refractivity contribution in [3.05, 3.63) is 87.4 Å². The summed E-state index contributed by atoms with van der Waals surface area (Å²) in [7, 11) is -0.611. The fourth-order valence-corrected chi connectivity index (χ4v) is 1.77. The van der Waals surface area contributed by atoms with Crippen molar-refractivity contribution in [2.75, 3.05) is 0 Å². The van der Waals surface area contributed by atoms with Gasteiger partial charge < -0.3 is 5.11 Å². The van der Waals surface area contributed by atoms with Gasteiger partial charge in [0.1, 0.15) is 0 Å². The van der Waals surface area contributed by atoms with Gasteiger partial charge in [-0.1, -0.05) is 63.9 Å². The summed E-state index contributed by atoms with van der Waals surface area (Å²) in [6, 6.07) is 12.5. The van der Waals surface area contributed by atoms with Crippen LogP contribution in [0, 0.1) is 13.1 Å². The van der Waals surface area contributed by atoms with Crippen molar-refractivity contribution < 1.29 is 9.90 Å². The number of benzene rings is 2. The van der Waals surface area contributed by atoms with E-state index in [2.05, 4.69) is 51.4 Å². The maximum absolute atomic E-state index is 11.1. The van der Waals surface area contributed by atoms with Gasteiger partial charge in [-0.05, 0) is 28.6 Å². The quantitative estimate of drug-likeness (QED) is 0.431. The first-order valence-electron chi connectivity index (χ1n) is 8.74. The standard InChI is InChI=1S/C8H5N5O.C8H5NO2.C4H12Si.CH4/c1-9-6-3-2-4-7(5-6)13-8(14)10-11-12-13;1-9-7-4-2-3-6(5-7)8(10)11;1-5(2,3)4;/h2-5H,(H,10,12,14);2-5H,(H,10,11);1-4H3;1H4. The van der Waals surface area contributed by atoms with Crippen LogP contribution in [-0.2, 0) is 0 Å². The second kappa shape index (κ2) is 12.5. The Morgan fingerprint density at radius 3 is 2.00 bits per heavy atom. The molecule has 10 heteroatoms. The Morgan fingerprint density at radius 2 is 1.55 bits per heavy atom. The number of hydrogen-bond acceptors (Lipinski definition) is 4. The third-order valence-corrected chi connectivity index (χ3v) is 2.90. The van der Waals surface area contributed by atoms with Gasteiger partial charge in [0, 0.05) is 13.6 Å². The lowest BCUT2D eigenvalue weighted by Crippen LogP contribution is -2.15. The van der Waals surface area contributed by atoms with E-state index in [1.165, 1.54) is 12.1 Å². The van der Waals surface area contributed by atoms with Crippen LogP contribution in [0.1, 0.15) is 17.8 Å². The molecule has 0 aliphatic carbocycles. The van der Waals surface area contributed by atoms with E-state index in [0.29, 0.717) is 17.1 Å². The molecule has 0 bridgehead atoms. The van der Waals surface area contributed by atoms with E-state index >= 15 is 0 Å². The van der Waals surface area contributed by atoms with Crippen LogP contribution in [0.5, 0.6) is 0 Å². The van der Waals surface area contributed by atoms with Crippen LogP contribution in [0.3, 0.4) is 0 Å². The Balaban J connectivity index is 0.000000476. The second-order valence-corrected chi connectivity index (χ2v) is 13.5. The molecule has 0 fully saturated rings. The zero-order chi connectivity index (χ0) is 22.7. The topological polar surface area (TPSA) is 110 Å². The number of aromatic nitrogens is 4. The number of aromatic carboxylic acids is 1. The predicted octanol–water partition coefficient (Wildman–Crippen LogP) is 5.03. The van der Waals surface area contributed by atoms with E-state index < -0.39 is 19.7 Å². The number of H-pyrrole nitrogens is 1. The van der Waals surface area contributed by atoms with E-state index in [0.717, 1.165) is 4.68 Å². The Bertz CT molecular complexity index is 1130. The van der Waals surface area contributed by atoms with Crippen LogP contribution in [0.25, 0.3) is 15.4 Å². The Labute approximate surface area is 182 Å². The molecule has 2 N–H and O–H groups in total. The Morgan fingerprint density at radius 1 is 1.03 bits per heavy atom. The Kier molecular flexibility index (Phi) is 10.9. The molecule has 0 aliphatic rings. The lowest BCUT2D eigenvalue weighted by Gasteiger charge is -2.01. The lowest BCUT2D eigenvalue weighted by atomic mass is 10.2. The van der Waals surface area contributed by atoms with Crippen molar-refractivity contribution in [1.82, 2.24) is 20.2 Å². The molecule has 0 spiro atoms. The second-order valence-electron chi connectivity index (χ2n) is 7.52. The molecule has 0 saturated carbocycles. The van der Waals surface area contributed by atoms with Gasteiger partial charge in [0.25, 0.3) is 0 Å². The molecular weight excluding hydrogens is 412 g/mol. The van der Waals surface area contributed by atoms with E-state index in [1.807, 2.05) is 0 Å². The fraction of sp³-hybridized carbons (Fsp3) is 0.238. The zero-order valence-corrected chi connectivity index (χ0v) is 18.1. The monoisotopic (exact) mass is 438 g/mol. The first kappa shape index (κ1) is 27.0. The number of nitrogens with one attached hydrogen (secondary N) is 1. The lowest BCUT2D eigenvalue weighted by molar-refractivity contribution is 0.0697. The van der Waals surface area contributed by atoms with Gasteiger partial charge in [0.2, 0.25) is 0 Å². The van der Waals surface area contributed by atoms with Crippen molar-refractivity contribution >= 4 is 25.4 Å². The van der Waals surface area contributed by atoms with Gasteiger partial charge in [-0.25, -0.2) is 24.4 Å². The molecule has 1 aromatic heterocycles. The summed E-state index contributed by atoms with van der Waals surface area (Å²) < 4.78 is 1.09. The van der Waals surface area contributed by atoms with E-state index in [4.69, 9.17) is 18.3 Å². The third kappa shape index (κ3) is 10.4. The van der Waals surface area contributed by atoms with Crippen molar-refractivity contribution in [2.45, 2.75) is 33.6 Å². The van der Waals surface area contributed by atoms with Gasteiger partial charge in [0.15, 0.2) is 11.4 Å². The highest BCUT2D eigenvalue weighted by atomic mass is 28.3. The minimum absolute atomic E-state index is 0. The first-order chi connectivity index (χ1) is 14.0. The predicted molar refractivity (Wildman–Crippen MR) is 124 cm³/mol. The van der Waals surface area contributed by atoms with Crippen LogP contribution >= 0.6 is 0 Å². The van der Waals surface area contributed by atoms with E-state index in [1.54, 1.807) is 36.4 Å². The largest absolute Gasteiger partial charge is 0.478 e. The highest BCUT2D eigenvalue weighted by Gasteiger charge is 2.03. The van der Waals surface area contributed by atoms with Crippen molar-refractivity contribution in [2.24, 2.45) is 0 Å². The molecule has 3 aromatic rings. The van der Waals surface area contributed by atoms with Crippen molar-refractivity contribution in [1.29, 1.82) is 0 Å². The van der Waals surface area contributed by atoms with Gasteiger partial charge in [-0.15, -0.1) is 0 Å². The molecule has 3 rings (SSSR count). The zero-order valence-electron chi connectivity index (χ0n) is 17.1. The van der Waals surface area contributed by atoms with Crippen LogP contribution < -0.4 is 5.69 Å². The van der Waals surface area contributed by atoms with E-state index in [-0.39, 0.29) is 13.0 Å². The van der Waals surface area contributed by atoms with Crippen molar-refractivity contribution in [3.63, 3.8) is 0 Å². The van der Waals surface area contributed by atoms with Gasteiger partial charge >= 0.3 is 11.7 Å². The molecule has 0 saturated heterocycles. The summed E-state index contributed by atoms with van der Waals surface area (Å²) >= 11 is 0. The normalized spacial score (nSPS) is 9.35. The minimum Gasteiger partial charge on any atom is -0.478 e. The molecule has 0 atom stereocenters. The number of rotatable bonds is 2. The molecule has 0 unspecified atom stereocenters. The number of carboxylic acids is 1. The van der Waals surface area contributed by atoms with Crippen LogP contribution in [0.2, 0.25) is 26.2 Å². The molecule has 2 aromatic carbocycles. The van der Waals surface area contributed by atoms with Crippen LogP contribution in [0.15, 0.2) is 53.3 Å². The molecular formula is C21H26N6O3Si. The molecule has 31 heavy (non-hydrogen) atoms. The smallest absolute Gasteiger partial charge is 0.365 e. The van der Waals surface area contributed by atoms with Crippen LogP contribution in [0.4, 0.5) is 11.4 Å². The average Bonchev–Trinajstić information content (AvgIpc) is 3.13. The molecule has 0 radical (unpaired) electrons. The molecule has 162 valence electrons. The molecule has 0 amide bonds. The maximum Gasteiger partial charge on any atom is 0.365 e. The van der Waals surface area contributed by atoms with Gasteiger partial charge in [-0.2, -0.15) is 4.68 Å². The summed E-state index contributed by atoms with van der Waals surface area (Å²) in [6.07, 6.45) is 0. The minimum atomic E-state index is -1.00. The maximum atomic E-state index is 11.1. The Hall–Kier alpha value is -4.02. The number of aromatic amines is 1. The summed E-state index contributed by atoms with van der Waals surface area (Å²) in [4.78, 5) is 27.8. The molecule has 9 nitrogen and oxygen atoms in total. The SMILES string of the molecule is C.C[Si](C)(C)C.[C-]#[N+]c1cccc(-n2nn[nH]c2=O)c1.[C-]#[N+]c1cccc(C(=O)O)c1. The molecule has 1 heterocycles. The number of carbonyl (C=O) groups is 1. The van der Waals surface area contributed by atoms with Gasteiger partial charge in [-0.3, -0.25) is 0 Å². The number of hydrogen-bond donors (Lipinski definition) is 2.